The Bertz CT molecular complexity index is 208. The van der Waals surface area contributed by atoms with Gasteiger partial charge in [-0.1, -0.05) is 0 Å². The predicted octanol–water partition coefficient (Wildman–Crippen LogP) is 0.352. The van der Waals surface area contributed by atoms with Crippen LogP contribution in [0, 0.1) is 0 Å². The summed E-state index contributed by atoms with van der Waals surface area (Å²) in [5, 5.41) is 15.1. The fourth-order valence-corrected chi connectivity index (χ4v) is 2.09. The van der Waals surface area contributed by atoms with Gasteiger partial charge in [0.05, 0.1) is 0 Å². The molecular weight excluding hydrogens is 214 g/mol. The molecule has 0 saturated heterocycles. The molecule has 0 spiro atoms. The molecule has 1 aliphatic carbocycles. The summed E-state index contributed by atoms with van der Waals surface area (Å²) in [7, 11) is -0.455. The zero-order valence-electron chi connectivity index (χ0n) is 9.00. The van der Waals surface area contributed by atoms with Crippen LogP contribution in [0.1, 0.15) is 25.7 Å². The second-order valence-corrected chi connectivity index (χ2v) is 4.36. The van der Waals surface area contributed by atoms with Gasteiger partial charge in [-0.05, 0) is 38.5 Å². The van der Waals surface area contributed by atoms with Crippen molar-refractivity contribution in [2.75, 3.05) is 5.88 Å². The van der Waals surface area contributed by atoms with E-state index in [1.165, 1.54) is 0 Å². The van der Waals surface area contributed by atoms with E-state index in [4.69, 9.17) is 16.6 Å². The standard InChI is InChI=1S/C9H18BClN2O2/c1-10(15)13-8-4-2-7(3-5-8)12-9(14)6-11/h7-8,13,15H,2-6H2,1H3,(H,12,14). The summed E-state index contributed by atoms with van der Waals surface area (Å²) in [6.45, 7) is 1.72. The van der Waals surface area contributed by atoms with Gasteiger partial charge in [-0.15, -0.1) is 11.6 Å². The predicted molar refractivity (Wildman–Crippen MR) is 61.9 cm³/mol. The molecule has 0 aromatic rings. The highest BCUT2D eigenvalue weighted by Crippen LogP contribution is 2.18. The molecular formula is C9H18BClN2O2. The first-order valence-corrected chi connectivity index (χ1v) is 5.94. The van der Waals surface area contributed by atoms with Gasteiger partial charge >= 0.3 is 7.05 Å². The zero-order valence-corrected chi connectivity index (χ0v) is 9.76. The number of carbonyl (C=O) groups is 1. The fourth-order valence-electron chi connectivity index (χ4n) is 2.01. The van der Waals surface area contributed by atoms with E-state index in [1.54, 1.807) is 6.82 Å². The molecule has 86 valence electrons. The van der Waals surface area contributed by atoms with Crippen LogP contribution >= 0.6 is 11.6 Å². The molecule has 1 fully saturated rings. The number of carbonyl (C=O) groups excluding carboxylic acids is 1. The van der Waals surface area contributed by atoms with Crippen LogP contribution < -0.4 is 10.5 Å². The van der Waals surface area contributed by atoms with Crippen LogP contribution in [0.2, 0.25) is 6.82 Å². The Labute approximate surface area is 95.9 Å². The molecule has 1 aliphatic rings. The maximum Gasteiger partial charge on any atom is 0.373 e. The monoisotopic (exact) mass is 232 g/mol. The Morgan fingerprint density at radius 3 is 2.40 bits per heavy atom. The van der Waals surface area contributed by atoms with Gasteiger partial charge < -0.3 is 15.6 Å². The van der Waals surface area contributed by atoms with Gasteiger partial charge in [0.25, 0.3) is 0 Å². The van der Waals surface area contributed by atoms with Crippen LogP contribution in [-0.4, -0.2) is 35.9 Å². The first kappa shape index (κ1) is 12.8. The summed E-state index contributed by atoms with van der Waals surface area (Å²) in [5.41, 5.74) is 0. The SMILES string of the molecule is CB(O)NC1CCC(NC(=O)CCl)CC1. The lowest BCUT2D eigenvalue weighted by Gasteiger charge is -2.30. The van der Waals surface area contributed by atoms with Crippen LogP contribution in [0.4, 0.5) is 0 Å². The molecule has 0 radical (unpaired) electrons. The Balaban J connectivity index is 2.20. The van der Waals surface area contributed by atoms with E-state index in [1.807, 2.05) is 0 Å². The molecule has 0 aromatic heterocycles. The average Bonchev–Trinajstić information content (AvgIpc) is 2.20. The smallest absolute Gasteiger partial charge is 0.373 e. The maximum atomic E-state index is 11.0. The quantitative estimate of drug-likeness (QED) is 0.484. The third-order valence-electron chi connectivity index (χ3n) is 2.69. The normalized spacial score (nSPS) is 26.1. The number of rotatable bonds is 4. The van der Waals surface area contributed by atoms with Gasteiger partial charge in [0, 0.05) is 6.04 Å². The molecule has 1 rings (SSSR count). The third kappa shape index (κ3) is 4.86. The molecule has 1 amide bonds. The second-order valence-electron chi connectivity index (χ2n) is 4.09. The zero-order chi connectivity index (χ0) is 11.3. The van der Waals surface area contributed by atoms with Gasteiger partial charge in [-0.25, -0.2) is 0 Å². The van der Waals surface area contributed by atoms with Crippen molar-refractivity contribution < 1.29 is 9.82 Å². The fraction of sp³-hybridized carbons (Fsp3) is 0.889. The van der Waals surface area contributed by atoms with E-state index in [2.05, 4.69) is 10.5 Å². The molecule has 1 saturated carbocycles. The lowest BCUT2D eigenvalue weighted by atomic mass is 9.82. The molecule has 0 heterocycles. The molecule has 0 aromatic carbocycles. The van der Waals surface area contributed by atoms with Crippen molar-refractivity contribution in [1.29, 1.82) is 0 Å². The van der Waals surface area contributed by atoms with Crippen LogP contribution in [0.15, 0.2) is 0 Å². The minimum atomic E-state index is -0.455. The van der Waals surface area contributed by atoms with E-state index in [0.29, 0.717) is 6.04 Å². The first-order valence-electron chi connectivity index (χ1n) is 5.41. The topological polar surface area (TPSA) is 61.4 Å². The van der Waals surface area contributed by atoms with Crippen molar-refractivity contribution in [2.45, 2.75) is 44.6 Å². The summed E-state index contributed by atoms with van der Waals surface area (Å²) < 4.78 is 0. The van der Waals surface area contributed by atoms with Crippen molar-refractivity contribution in [3.05, 3.63) is 0 Å². The molecule has 6 heteroatoms. The van der Waals surface area contributed by atoms with E-state index in [9.17, 15) is 4.79 Å². The van der Waals surface area contributed by atoms with Crippen molar-refractivity contribution in [1.82, 2.24) is 10.5 Å². The van der Waals surface area contributed by atoms with Crippen LogP contribution in [0.5, 0.6) is 0 Å². The highest BCUT2D eigenvalue weighted by atomic mass is 35.5. The van der Waals surface area contributed by atoms with Crippen molar-refractivity contribution >= 4 is 24.6 Å². The maximum absolute atomic E-state index is 11.0. The lowest BCUT2D eigenvalue weighted by Crippen LogP contribution is -2.46. The summed E-state index contributed by atoms with van der Waals surface area (Å²) >= 11 is 5.41. The van der Waals surface area contributed by atoms with Crippen molar-refractivity contribution in [3.63, 3.8) is 0 Å². The Morgan fingerprint density at radius 2 is 1.93 bits per heavy atom. The minimum Gasteiger partial charge on any atom is -0.437 e. The van der Waals surface area contributed by atoms with Gasteiger partial charge in [-0.2, -0.15) is 0 Å². The van der Waals surface area contributed by atoms with Crippen LogP contribution in [0.25, 0.3) is 0 Å². The summed E-state index contributed by atoms with van der Waals surface area (Å²) in [6, 6.07) is 0.623. The molecule has 0 atom stereocenters. The largest absolute Gasteiger partial charge is 0.437 e. The van der Waals surface area contributed by atoms with Crippen LogP contribution in [0.3, 0.4) is 0 Å². The number of amides is 1. The number of hydrogen-bond acceptors (Lipinski definition) is 3. The Kier molecular flexibility index (Phi) is 5.43. The second kappa shape index (κ2) is 6.35. The van der Waals surface area contributed by atoms with Gasteiger partial charge in [-0.3, -0.25) is 4.79 Å². The van der Waals surface area contributed by atoms with E-state index in [-0.39, 0.29) is 17.8 Å². The summed E-state index contributed by atoms with van der Waals surface area (Å²) in [6.07, 6.45) is 3.87. The highest BCUT2D eigenvalue weighted by molar-refractivity contribution is 6.45. The van der Waals surface area contributed by atoms with Crippen molar-refractivity contribution in [2.24, 2.45) is 0 Å². The molecule has 0 unspecified atom stereocenters. The summed E-state index contributed by atoms with van der Waals surface area (Å²) in [5.74, 6) is -0.0603. The van der Waals surface area contributed by atoms with Gasteiger partial charge in [0.1, 0.15) is 5.88 Å². The molecule has 3 N–H and O–H groups in total. The summed E-state index contributed by atoms with van der Waals surface area (Å²) in [4.78, 5) is 11.0. The first-order chi connectivity index (χ1) is 7.11. The van der Waals surface area contributed by atoms with Crippen LogP contribution in [-0.2, 0) is 4.79 Å². The highest BCUT2D eigenvalue weighted by Gasteiger charge is 2.23. The lowest BCUT2D eigenvalue weighted by molar-refractivity contribution is -0.119. The van der Waals surface area contributed by atoms with Gasteiger partial charge in [0.15, 0.2) is 0 Å². The number of halogens is 1. The van der Waals surface area contributed by atoms with E-state index < -0.39 is 7.05 Å². The molecule has 4 nitrogen and oxygen atoms in total. The number of hydrogen-bond donors (Lipinski definition) is 3. The molecule has 15 heavy (non-hydrogen) atoms. The van der Waals surface area contributed by atoms with Crippen molar-refractivity contribution in [3.8, 4) is 0 Å². The average molecular weight is 233 g/mol. The third-order valence-corrected chi connectivity index (χ3v) is 2.93. The Hall–Kier alpha value is -0.255. The minimum absolute atomic E-state index is 0.0336. The Morgan fingerprint density at radius 1 is 1.40 bits per heavy atom. The number of nitrogens with one attached hydrogen (secondary N) is 2. The molecule has 0 bridgehead atoms. The number of alkyl halides is 1. The molecule has 0 aliphatic heterocycles. The van der Waals surface area contributed by atoms with E-state index >= 15 is 0 Å². The van der Waals surface area contributed by atoms with Gasteiger partial charge in [0.2, 0.25) is 5.91 Å². The van der Waals surface area contributed by atoms with E-state index in [0.717, 1.165) is 25.7 Å².